The fourth-order valence-corrected chi connectivity index (χ4v) is 3.67. The van der Waals surface area contributed by atoms with Crippen molar-refractivity contribution in [1.82, 2.24) is 14.9 Å². The average molecular weight is 277 g/mol. The van der Waals surface area contributed by atoms with E-state index in [0.29, 0.717) is 18.2 Å². The SMILES string of the molecule is O=C(O)C1CC2CCCCC2N1C(=O)Cc1ncc[nH]1. The molecule has 1 saturated heterocycles. The van der Waals surface area contributed by atoms with Crippen molar-refractivity contribution in [3.05, 3.63) is 18.2 Å². The van der Waals surface area contributed by atoms with Crippen LogP contribution >= 0.6 is 0 Å². The number of carboxylic acids is 1. The molecule has 6 heteroatoms. The number of carbonyl (C=O) groups is 2. The van der Waals surface area contributed by atoms with Gasteiger partial charge in [-0.1, -0.05) is 12.8 Å². The molecule has 1 amide bonds. The molecule has 3 rings (SSSR count). The second kappa shape index (κ2) is 5.26. The Morgan fingerprint density at radius 3 is 2.90 bits per heavy atom. The summed E-state index contributed by atoms with van der Waals surface area (Å²) < 4.78 is 0. The van der Waals surface area contributed by atoms with E-state index in [9.17, 15) is 14.7 Å². The van der Waals surface area contributed by atoms with Crippen molar-refractivity contribution in [2.75, 3.05) is 0 Å². The van der Waals surface area contributed by atoms with Crippen LogP contribution in [0.25, 0.3) is 0 Å². The van der Waals surface area contributed by atoms with Gasteiger partial charge in [-0.3, -0.25) is 4.79 Å². The van der Waals surface area contributed by atoms with Crippen molar-refractivity contribution in [1.29, 1.82) is 0 Å². The minimum Gasteiger partial charge on any atom is -0.480 e. The molecule has 1 aliphatic heterocycles. The molecule has 0 bridgehead atoms. The number of nitrogens with one attached hydrogen (secondary N) is 1. The highest BCUT2D eigenvalue weighted by molar-refractivity contribution is 5.85. The number of amides is 1. The van der Waals surface area contributed by atoms with Gasteiger partial charge in [-0.05, 0) is 25.2 Å². The van der Waals surface area contributed by atoms with Crippen LogP contribution in [0.1, 0.15) is 37.9 Å². The van der Waals surface area contributed by atoms with Crippen LogP contribution in [-0.4, -0.2) is 43.9 Å². The summed E-state index contributed by atoms with van der Waals surface area (Å²) in [5.74, 6) is -0.0576. The standard InChI is InChI=1S/C14H19N3O3/c18-13(8-12-15-5-6-16-12)17-10-4-2-1-3-9(10)7-11(17)14(19)20/h5-6,9-11H,1-4,7-8H2,(H,15,16)(H,19,20). The predicted octanol–water partition coefficient (Wildman–Crippen LogP) is 1.20. The lowest BCUT2D eigenvalue weighted by Crippen LogP contribution is -2.47. The maximum Gasteiger partial charge on any atom is 0.326 e. The molecular weight excluding hydrogens is 258 g/mol. The summed E-state index contributed by atoms with van der Waals surface area (Å²) >= 11 is 0. The fraction of sp³-hybridized carbons (Fsp3) is 0.643. The summed E-state index contributed by atoms with van der Waals surface area (Å²) in [5.41, 5.74) is 0. The van der Waals surface area contributed by atoms with Crippen molar-refractivity contribution >= 4 is 11.9 Å². The van der Waals surface area contributed by atoms with Gasteiger partial charge >= 0.3 is 5.97 Å². The maximum absolute atomic E-state index is 12.5. The quantitative estimate of drug-likeness (QED) is 0.869. The molecule has 6 nitrogen and oxygen atoms in total. The van der Waals surface area contributed by atoms with E-state index in [1.54, 1.807) is 17.3 Å². The highest BCUT2D eigenvalue weighted by Crippen LogP contribution is 2.40. The first-order valence-electron chi connectivity index (χ1n) is 7.19. The molecule has 20 heavy (non-hydrogen) atoms. The van der Waals surface area contributed by atoms with Gasteiger partial charge in [0.25, 0.3) is 0 Å². The molecule has 3 unspecified atom stereocenters. The molecule has 1 aliphatic carbocycles. The second-order valence-electron chi connectivity index (χ2n) is 5.72. The van der Waals surface area contributed by atoms with Gasteiger partial charge in [0.1, 0.15) is 11.9 Å². The molecule has 3 atom stereocenters. The number of aromatic nitrogens is 2. The molecule has 2 fully saturated rings. The zero-order valence-electron chi connectivity index (χ0n) is 11.3. The van der Waals surface area contributed by atoms with Gasteiger partial charge in [0.15, 0.2) is 0 Å². The topological polar surface area (TPSA) is 86.3 Å². The summed E-state index contributed by atoms with van der Waals surface area (Å²) in [6, 6.07) is -0.558. The Bertz CT molecular complexity index is 500. The van der Waals surface area contributed by atoms with E-state index in [0.717, 1.165) is 25.7 Å². The van der Waals surface area contributed by atoms with Crippen molar-refractivity contribution in [3.63, 3.8) is 0 Å². The van der Waals surface area contributed by atoms with Crippen LogP contribution in [0.4, 0.5) is 0 Å². The van der Waals surface area contributed by atoms with Crippen LogP contribution in [0, 0.1) is 5.92 Å². The first-order chi connectivity index (χ1) is 9.66. The number of aromatic amines is 1. The monoisotopic (exact) mass is 277 g/mol. The number of carbonyl (C=O) groups excluding carboxylic acids is 1. The molecule has 108 valence electrons. The number of fused-ring (bicyclic) bond motifs is 1. The van der Waals surface area contributed by atoms with E-state index < -0.39 is 12.0 Å². The third-order valence-corrected chi connectivity index (χ3v) is 4.53. The van der Waals surface area contributed by atoms with Crippen LogP contribution in [0.15, 0.2) is 12.4 Å². The van der Waals surface area contributed by atoms with E-state index in [4.69, 9.17) is 0 Å². The third kappa shape index (κ3) is 2.30. The van der Waals surface area contributed by atoms with Gasteiger partial charge in [-0.15, -0.1) is 0 Å². The minimum absolute atomic E-state index is 0.104. The van der Waals surface area contributed by atoms with E-state index >= 15 is 0 Å². The number of carboxylic acid groups (broad SMARTS) is 1. The van der Waals surface area contributed by atoms with Gasteiger partial charge < -0.3 is 15.0 Å². The molecule has 2 heterocycles. The fourth-order valence-electron chi connectivity index (χ4n) is 3.67. The Kier molecular flexibility index (Phi) is 3.46. The van der Waals surface area contributed by atoms with Gasteiger partial charge in [0, 0.05) is 18.4 Å². The van der Waals surface area contributed by atoms with Crippen LogP contribution < -0.4 is 0 Å². The largest absolute Gasteiger partial charge is 0.480 e. The number of hydrogen-bond acceptors (Lipinski definition) is 3. The molecule has 2 N–H and O–H groups in total. The van der Waals surface area contributed by atoms with Crippen LogP contribution in [0.3, 0.4) is 0 Å². The number of rotatable bonds is 3. The first kappa shape index (κ1) is 13.1. The lowest BCUT2D eigenvalue weighted by molar-refractivity contribution is -0.149. The lowest BCUT2D eigenvalue weighted by atomic mass is 9.84. The highest BCUT2D eigenvalue weighted by Gasteiger charge is 2.47. The summed E-state index contributed by atoms with van der Waals surface area (Å²) in [6.07, 6.45) is 8.22. The number of hydrogen-bond donors (Lipinski definition) is 2. The first-order valence-corrected chi connectivity index (χ1v) is 7.19. The minimum atomic E-state index is -0.882. The van der Waals surface area contributed by atoms with Gasteiger partial charge in [0.2, 0.25) is 5.91 Å². The highest BCUT2D eigenvalue weighted by atomic mass is 16.4. The Morgan fingerprint density at radius 2 is 2.20 bits per heavy atom. The van der Waals surface area contributed by atoms with Crippen molar-refractivity contribution in [2.24, 2.45) is 5.92 Å². The second-order valence-corrected chi connectivity index (χ2v) is 5.72. The molecule has 1 aromatic rings. The number of H-pyrrole nitrogens is 1. The zero-order valence-corrected chi connectivity index (χ0v) is 11.3. The van der Waals surface area contributed by atoms with Gasteiger partial charge in [0.05, 0.1) is 6.42 Å². The molecule has 0 radical (unpaired) electrons. The Labute approximate surface area is 117 Å². The van der Waals surface area contributed by atoms with Crippen LogP contribution in [0.2, 0.25) is 0 Å². The van der Waals surface area contributed by atoms with Crippen molar-refractivity contribution in [3.8, 4) is 0 Å². The number of nitrogens with zero attached hydrogens (tertiary/aromatic N) is 2. The predicted molar refractivity (Wildman–Crippen MR) is 70.9 cm³/mol. The van der Waals surface area contributed by atoms with Crippen LogP contribution in [-0.2, 0) is 16.0 Å². The smallest absolute Gasteiger partial charge is 0.326 e. The Balaban J connectivity index is 1.79. The summed E-state index contributed by atoms with van der Waals surface area (Å²) in [4.78, 5) is 32.5. The molecule has 0 spiro atoms. The molecular formula is C14H19N3O3. The summed E-state index contributed by atoms with van der Waals surface area (Å²) in [5, 5.41) is 9.39. The maximum atomic E-state index is 12.5. The average Bonchev–Trinajstić information content (AvgIpc) is 3.04. The molecule has 1 aromatic heterocycles. The lowest BCUT2D eigenvalue weighted by Gasteiger charge is -2.32. The van der Waals surface area contributed by atoms with E-state index in [1.165, 1.54) is 0 Å². The normalized spacial score (nSPS) is 29.2. The Hall–Kier alpha value is -1.85. The molecule has 2 aliphatic rings. The van der Waals surface area contributed by atoms with Crippen LogP contribution in [0.5, 0.6) is 0 Å². The summed E-state index contributed by atoms with van der Waals surface area (Å²) in [7, 11) is 0. The van der Waals surface area contributed by atoms with Gasteiger partial charge in [-0.2, -0.15) is 0 Å². The Morgan fingerprint density at radius 1 is 1.40 bits per heavy atom. The van der Waals surface area contributed by atoms with Gasteiger partial charge in [-0.25, -0.2) is 9.78 Å². The molecule has 1 saturated carbocycles. The van der Waals surface area contributed by atoms with E-state index in [2.05, 4.69) is 9.97 Å². The summed E-state index contributed by atoms with van der Waals surface area (Å²) in [6.45, 7) is 0. The van der Waals surface area contributed by atoms with Crippen molar-refractivity contribution < 1.29 is 14.7 Å². The zero-order chi connectivity index (χ0) is 14.1. The number of aliphatic carboxylic acids is 1. The van der Waals surface area contributed by atoms with E-state index in [1.807, 2.05) is 0 Å². The van der Waals surface area contributed by atoms with Crippen molar-refractivity contribution in [2.45, 2.75) is 50.6 Å². The third-order valence-electron chi connectivity index (χ3n) is 4.53. The molecule has 0 aromatic carbocycles. The number of likely N-dealkylation sites (tertiary alicyclic amines) is 1. The van der Waals surface area contributed by atoms with E-state index in [-0.39, 0.29) is 18.4 Å². The number of imidazole rings is 1.